The van der Waals surface area contributed by atoms with Crippen LogP contribution in [0.5, 0.6) is 0 Å². The van der Waals surface area contributed by atoms with Gasteiger partial charge in [0.2, 0.25) is 15.9 Å². The number of morpholine rings is 1. The monoisotopic (exact) mass is 494 g/mol. The number of benzene rings is 2. The molecule has 0 aromatic heterocycles. The molecule has 0 saturated carbocycles. The second-order valence-electron chi connectivity index (χ2n) is 6.05. The summed E-state index contributed by atoms with van der Waals surface area (Å²) in [7, 11) is -3.70. The zero-order chi connectivity index (χ0) is 21.0. The van der Waals surface area contributed by atoms with Crippen LogP contribution in [0.3, 0.4) is 0 Å². The van der Waals surface area contributed by atoms with Crippen LogP contribution in [0, 0.1) is 0 Å². The van der Waals surface area contributed by atoms with Gasteiger partial charge in [-0.1, -0.05) is 40.9 Å². The van der Waals surface area contributed by atoms with E-state index in [4.69, 9.17) is 39.5 Å². The Balaban J connectivity index is 1.72. The smallest absolute Gasteiger partial charge is 0.243 e. The number of thioether (sulfide) groups is 1. The first-order chi connectivity index (χ1) is 13.8. The van der Waals surface area contributed by atoms with Gasteiger partial charge in [0.15, 0.2) is 0 Å². The van der Waals surface area contributed by atoms with E-state index in [0.717, 1.165) is 0 Å². The third-order valence-electron chi connectivity index (χ3n) is 4.09. The highest BCUT2D eigenvalue weighted by Crippen LogP contribution is 2.34. The van der Waals surface area contributed by atoms with E-state index in [-0.39, 0.29) is 40.4 Å². The fourth-order valence-electron chi connectivity index (χ4n) is 2.64. The Morgan fingerprint density at radius 1 is 1.07 bits per heavy atom. The number of rotatable bonds is 6. The largest absolute Gasteiger partial charge is 0.379 e. The van der Waals surface area contributed by atoms with Gasteiger partial charge in [-0.15, -0.1) is 11.8 Å². The van der Waals surface area contributed by atoms with Crippen molar-refractivity contribution in [3.8, 4) is 0 Å². The fourth-order valence-corrected chi connectivity index (χ4v) is 5.72. The summed E-state index contributed by atoms with van der Waals surface area (Å²) in [6.07, 6.45) is 0. The Hall–Kier alpha value is -1.00. The Bertz CT molecular complexity index is 992. The molecule has 6 nitrogen and oxygen atoms in total. The van der Waals surface area contributed by atoms with Gasteiger partial charge in [-0.2, -0.15) is 4.31 Å². The molecular formula is C18H17Cl3N2O4S2. The summed E-state index contributed by atoms with van der Waals surface area (Å²) in [6.45, 7) is 1.25. The van der Waals surface area contributed by atoms with Crippen LogP contribution in [0.1, 0.15) is 0 Å². The van der Waals surface area contributed by atoms with Crippen molar-refractivity contribution >= 4 is 68.2 Å². The summed E-state index contributed by atoms with van der Waals surface area (Å²) in [5, 5.41) is 3.79. The van der Waals surface area contributed by atoms with Gasteiger partial charge in [0.25, 0.3) is 0 Å². The summed E-state index contributed by atoms with van der Waals surface area (Å²) in [4.78, 5) is 13.0. The highest BCUT2D eigenvalue weighted by atomic mass is 35.5. The normalized spacial score (nSPS) is 15.3. The van der Waals surface area contributed by atoms with Gasteiger partial charge >= 0.3 is 0 Å². The number of amides is 1. The predicted octanol–water partition coefficient (Wildman–Crippen LogP) is 4.40. The summed E-state index contributed by atoms with van der Waals surface area (Å²) in [6, 6.07) is 9.31. The van der Waals surface area contributed by atoms with Crippen molar-refractivity contribution < 1.29 is 17.9 Å². The van der Waals surface area contributed by atoms with Crippen LogP contribution in [0.2, 0.25) is 15.1 Å². The van der Waals surface area contributed by atoms with Gasteiger partial charge in [0.05, 0.1) is 44.6 Å². The maximum atomic E-state index is 12.8. The van der Waals surface area contributed by atoms with Crippen molar-refractivity contribution in [3.63, 3.8) is 0 Å². The average molecular weight is 496 g/mol. The molecular weight excluding hydrogens is 479 g/mol. The summed E-state index contributed by atoms with van der Waals surface area (Å²) >= 11 is 19.5. The lowest BCUT2D eigenvalue weighted by Crippen LogP contribution is -2.40. The second kappa shape index (κ2) is 9.87. The maximum absolute atomic E-state index is 12.8. The number of anilines is 1. The first-order valence-corrected chi connectivity index (χ1v) is 12.1. The zero-order valence-corrected chi connectivity index (χ0v) is 18.9. The molecule has 1 saturated heterocycles. The molecule has 0 unspecified atom stereocenters. The van der Waals surface area contributed by atoms with Gasteiger partial charge < -0.3 is 10.1 Å². The molecule has 156 valence electrons. The minimum Gasteiger partial charge on any atom is -0.379 e. The molecule has 0 atom stereocenters. The fraction of sp³-hybridized carbons (Fsp3) is 0.278. The highest BCUT2D eigenvalue weighted by molar-refractivity contribution is 8.00. The Morgan fingerprint density at radius 2 is 1.72 bits per heavy atom. The maximum Gasteiger partial charge on any atom is 0.243 e. The van der Waals surface area contributed by atoms with Gasteiger partial charge in [0.1, 0.15) is 0 Å². The first-order valence-electron chi connectivity index (χ1n) is 8.53. The van der Waals surface area contributed by atoms with E-state index in [2.05, 4.69) is 5.32 Å². The third-order valence-corrected chi connectivity index (χ3v) is 8.30. The molecule has 3 rings (SSSR count). The SMILES string of the molecule is O=C(CSc1c(Cl)cccc1Cl)Nc1cc(S(=O)(=O)N2CCOCC2)ccc1Cl. The number of carbonyl (C=O) groups is 1. The number of nitrogens with one attached hydrogen (secondary N) is 1. The molecule has 1 fully saturated rings. The van der Waals surface area contributed by atoms with E-state index in [1.54, 1.807) is 18.2 Å². The minimum absolute atomic E-state index is 0.0280. The molecule has 1 aliphatic rings. The van der Waals surface area contributed by atoms with Crippen molar-refractivity contribution in [1.82, 2.24) is 4.31 Å². The van der Waals surface area contributed by atoms with Crippen molar-refractivity contribution in [3.05, 3.63) is 51.5 Å². The summed E-state index contributed by atoms with van der Waals surface area (Å²) in [5.74, 6) is -0.339. The molecule has 2 aromatic rings. The molecule has 2 aromatic carbocycles. The Morgan fingerprint density at radius 3 is 2.38 bits per heavy atom. The lowest BCUT2D eigenvalue weighted by atomic mass is 10.3. The standard InChI is InChI=1S/C18H17Cl3N2O4S2/c19-13-5-4-12(29(25,26)23-6-8-27-9-7-23)10-16(13)22-17(24)11-28-18-14(20)2-1-3-15(18)21/h1-5,10H,6-9,11H2,(H,22,24). The molecule has 1 heterocycles. The van der Waals surface area contributed by atoms with Gasteiger partial charge in [-0.25, -0.2) is 8.42 Å². The molecule has 1 amide bonds. The van der Waals surface area contributed by atoms with Crippen LogP contribution in [-0.4, -0.2) is 50.7 Å². The Kier molecular flexibility index (Phi) is 7.72. The number of ether oxygens (including phenoxy) is 1. The highest BCUT2D eigenvalue weighted by Gasteiger charge is 2.27. The van der Waals surface area contributed by atoms with Gasteiger partial charge in [-0.3, -0.25) is 4.79 Å². The topological polar surface area (TPSA) is 75.7 Å². The molecule has 11 heteroatoms. The quantitative estimate of drug-likeness (QED) is 0.601. The second-order valence-corrected chi connectivity index (χ2v) is 10.2. The van der Waals surface area contributed by atoms with Crippen LogP contribution >= 0.6 is 46.6 Å². The Labute approximate surface area is 188 Å². The molecule has 0 aliphatic carbocycles. The van der Waals surface area contributed by atoms with E-state index in [1.807, 2.05) is 0 Å². The van der Waals surface area contributed by atoms with Crippen LogP contribution in [0.4, 0.5) is 5.69 Å². The molecule has 1 N–H and O–H groups in total. The number of hydrogen-bond acceptors (Lipinski definition) is 5. The van der Waals surface area contributed by atoms with Gasteiger partial charge in [-0.05, 0) is 30.3 Å². The van der Waals surface area contributed by atoms with E-state index < -0.39 is 10.0 Å². The van der Waals surface area contributed by atoms with Crippen LogP contribution in [0.25, 0.3) is 0 Å². The van der Waals surface area contributed by atoms with Crippen molar-refractivity contribution in [1.29, 1.82) is 0 Å². The number of halogens is 3. The number of sulfonamides is 1. The lowest BCUT2D eigenvalue weighted by Gasteiger charge is -2.26. The molecule has 0 radical (unpaired) electrons. The average Bonchev–Trinajstić information content (AvgIpc) is 2.70. The van der Waals surface area contributed by atoms with E-state index in [1.165, 1.54) is 34.3 Å². The number of nitrogens with zero attached hydrogens (tertiary/aromatic N) is 1. The van der Waals surface area contributed by atoms with E-state index in [0.29, 0.717) is 28.2 Å². The summed E-state index contributed by atoms with van der Waals surface area (Å²) < 4.78 is 32.2. The first kappa shape index (κ1) is 22.7. The lowest BCUT2D eigenvalue weighted by molar-refractivity contribution is -0.113. The van der Waals surface area contributed by atoms with Crippen LogP contribution in [0.15, 0.2) is 46.2 Å². The molecule has 0 spiro atoms. The van der Waals surface area contributed by atoms with Crippen LogP contribution in [-0.2, 0) is 19.6 Å². The van der Waals surface area contributed by atoms with Gasteiger partial charge in [0, 0.05) is 18.0 Å². The minimum atomic E-state index is -3.70. The molecule has 29 heavy (non-hydrogen) atoms. The molecule has 0 bridgehead atoms. The van der Waals surface area contributed by atoms with Crippen molar-refractivity contribution in [2.45, 2.75) is 9.79 Å². The number of hydrogen-bond donors (Lipinski definition) is 1. The molecule has 1 aliphatic heterocycles. The zero-order valence-electron chi connectivity index (χ0n) is 15.0. The van der Waals surface area contributed by atoms with E-state index in [9.17, 15) is 13.2 Å². The third kappa shape index (κ3) is 5.58. The summed E-state index contributed by atoms with van der Waals surface area (Å²) in [5.41, 5.74) is 0.219. The van der Waals surface area contributed by atoms with Crippen molar-refractivity contribution in [2.24, 2.45) is 0 Å². The van der Waals surface area contributed by atoms with Crippen LogP contribution < -0.4 is 5.32 Å². The van der Waals surface area contributed by atoms with E-state index >= 15 is 0 Å². The predicted molar refractivity (Wildman–Crippen MR) is 117 cm³/mol. The van der Waals surface area contributed by atoms with Crippen molar-refractivity contribution in [2.75, 3.05) is 37.4 Å². The number of carbonyl (C=O) groups excluding carboxylic acids is 1.